The van der Waals surface area contributed by atoms with Crippen LogP contribution in [0.4, 0.5) is 0 Å². The van der Waals surface area contributed by atoms with Crippen LogP contribution in [0.3, 0.4) is 0 Å². The highest BCUT2D eigenvalue weighted by Gasteiger charge is 1.89. The Labute approximate surface area is 77.4 Å². The minimum absolute atomic E-state index is 0.423. The van der Waals surface area contributed by atoms with Crippen molar-refractivity contribution in [3.8, 4) is 0 Å². The summed E-state index contributed by atoms with van der Waals surface area (Å²) in [5.74, 6) is 0. The standard InChI is InChI=1S/C8H15NO4/c10-3-1-4-12-6-7-13-5-2-9-8-11/h3,8H,1-2,4-7H2,(H,9,11). The van der Waals surface area contributed by atoms with Crippen LogP contribution in [0.15, 0.2) is 0 Å². The number of rotatable bonds is 10. The van der Waals surface area contributed by atoms with Crippen LogP contribution < -0.4 is 5.32 Å². The average molecular weight is 189 g/mol. The fourth-order valence-electron chi connectivity index (χ4n) is 0.643. The van der Waals surface area contributed by atoms with E-state index < -0.39 is 0 Å². The van der Waals surface area contributed by atoms with Gasteiger partial charge in [-0.15, -0.1) is 0 Å². The van der Waals surface area contributed by atoms with E-state index >= 15 is 0 Å². The van der Waals surface area contributed by atoms with Gasteiger partial charge in [-0.05, 0) is 0 Å². The van der Waals surface area contributed by atoms with Gasteiger partial charge in [0.15, 0.2) is 0 Å². The molecule has 0 unspecified atom stereocenters. The summed E-state index contributed by atoms with van der Waals surface area (Å²) in [7, 11) is 0. The number of nitrogens with one attached hydrogen (secondary N) is 1. The number of amides is 1. The number of aldehydes is 1. The Hall–Kier alpha value is -0.940. The molecule has 76 valence electrons. The molecule has 1 N–H and O–H groups in total. The third-order valence-electron chi connectivity index (χ3n) is 1.23. The monoisotopic (exact) mass is 189 g/mol. The zero-order valence-electron chi connectivity index (χ0n) is 7.53. The van der Waals surface area contributed by atoms with Crippen LogP contribution in [0, 0.1) is 0 Å². The zero-order valence-corrected chi connectivity index (χ0v) is 7.53. The van der Waals surface area contributed by atoms with E-state index in [1.54, 1.807) is 0 Å². The molecule has 13 heavy (non-hydrogen) atoms. The molecule has 1 amide bonds. The molecule has 0 aromatic rings. The van der Waals surface area contributed by atoms with Gasteiger partial charge in [0, 0.05) is 13.0 Å². The van der Waals surface area contributed by atoms with E-state index in [9.17, 15) is 9.59 Å². The fraction of sp³-hybridized carbons (Fsp3) is 0.750. The Morgan fingerprint density at radius 2 is 1.69 bits per heavy atom. The molecule has 0 atom stereocenters. The van der Waals surface area contributed by atoms with Crippen molar-refractivity contribution >= 4 is 12.7 Å². The van der Waals surface area contributed by atoms with Gasteiger partial charge in [0.2, 0.25) is 6.41 Å². The lowest BCUT2D eigenvalue weighted by Gasteiger charge is -2.03. The van der Waals surface area contributed by atoms with Crippen molar-refractivity contribution in [2.75, 3.05) is 33.0 Å². The second kappa shape index (κ2) is 11.1. The minimum atomic E-state index is 0.423. The van der Waals surface area contributed by atoms with Crippen molar-refractivity contribution in [3.05, 3.63) is 0 Å². The second-order valence-corrected chi connectivity index (χ2v) is 2.25. The topological polar surface area (TPSA) is 64.6 Å². The van der Waals surface area contributed by atoms with Crippen LogP contribution >= 0.6 is 0 Å². The van der Waals surface area contributed by atoms with E-state index in [1.807, 2.05) is 0 Å². The highest BCUT2D eigenvalue weighted by Crippen LogP contribution is 1.80. The van der Waals surface area contributed by atoms with E-state index in [2.05, 4.69) is 5.32 Å². The first kappa shape index (κ1) is 12.1. The SMILES string of the molecule is O=CCCOCCOCCNC=O. The Morgan fingerprint density at radius 1 is 1.00 bits per heavy atom. The quantitative estimate of drug-likeness (QED) is 0.366. The van der Waals surface area contributed by atoms with Crippen LogP contribution in [-0.2, 0) is 19.1 Å². The van der Waals surface area contributed by atoms with E-state index in [4.69, 9.17) is 9.47 Å². The normalized spacial score (nSPS) is 9.54. The Kier molecular flexibility index (Phi) is 10.3. The Balaban J connectivity index is 2.83. The molecule has 0 heterocycles. The van der Waals surface area contributed by atoms with Crippen molar-refractivity contribution in [1.82, 2.24) is 5.32 Å². The molecule has 5 nitrogen and oxygen atoms in total. The molecule has 0 aliphatic heterocycles. The second-order valence-electron chi connectivity index (χ2n) is 2.25. The number of ether oxygens (including phenoxy) is 2. The van der Waals surface area contributed by atoms with Crippen LogP contribution in [0.1, 0.15) is 6.42 Å². The molecule has 0 saturated carbocycles. The maximum absolute atomic E-state index is 9.86. The lowest BCUT2D eigenvalue weighted by molar-refractivity contribution is -0.110. The summed E-state index contributed by atoms with van der Waals surface area (Å²) in [6.07, 6.45) is 1.87. The van der Waals surface area contributed by atoms with Crippen molar-refractivity contribution < 1.29 is 19.1 Å². The van der Waals surface area contributed by atoms with Gasteiger partial charge in [0.05, 0.1) is 26.4 Å². The number of carbonyl (C=O) groups excluding carboxylic acids is 2. The van der Waals surface area contributed by atoms with Crippen molar-refractivity contribution in [3.63, 3.8) is 0 Å². The molecule has 0 aliphatic carbocycles. The van der Waals surface area contributed by atoms with Crippen molar-refractivity contribution in [2.45, 2.75) is 6.42 Å². The molecule has 0 saturated heterocycles. The van der Waals surface area contributed by atoms with Gasteiger partial charge in [0.1, 0.15) is 6.29 Å². The number of hydrogen-bond donors (Lipinski definition) is 1. The summed E-state index contributed by atoms with van der Waals surface area (Å²) in [4.78, 5) is 19.6. The highest BCUT2D eigenvalue weighted by molar-refractivity contribution is 5.49. The zero-order chi connectivity index (χ0) is 9.78. The van der Waals surface area contributed by atoms with Gasteiger partial charge in [-0.3, -0.25) is 4.79 Å². The summed E-state index contributed by atoms with van der Waals surface area (Å²) >= 11 is 0. The van der Waals surface area contributed by atoms with E-state index in [1.165, 1.54) is 0 Å². The molecule has 0 fully saturated rings. The summed E-state index contributed by atoms with van der Waals surface area (Å²) in [5.41, 5.74) is 0. The van der Waals surface area contributed by atoms with Crippen LogP contribution in [0.5, 0.6) is 0 Å². The van der Waals surface area contributed by atoms with Crippen LogP contribution in [-0.4, -0.2) is 45.7 Å². The van der Waals surface area contributed by atoms with Gasteiger partial charge in [-0.2, -0.15) is 0 Å². The smallest absolute Gasteiger partial charge is 0.207 e. The van der Waals surface area contributed by atoms with E-state index in [-0.39, 0.29) is 0 Å². The summed E-state index contributed by atoms with van der Waals surface area (Å²) in [6, 6.07) is 0. The van der Waals surface area contributed by atoms with Crippen LogP contribution in [0.25, 0.3) is 0 Å². The van der Waals surface area contributed by atoms with Crippen molar-refractivity contribution in [1.29, 1.82) is 0 Å². The van der Waals surface area contributed by atoms with Gasteiger partial charge in [0.25, 0.3) is 0 Å². The largest absolute Gasteiger partial charge is 0.379 e. The molecular weight excluding hydrogens is 174 g/mol. The molecule has 0 bridgehead atoms. The third-order valence-corrected chi connectivity index (χ3v) is 1.23. The molecule has 0 rings (SSSR count). The maximum Gasteiger partial charge on any atom is 0.207 e. The molecule has 0 aromatic heterocycles. The first-order valence-corrected chi connectivity index (χ1v) is 4.18. The predicted molar refractivity (Wildman–Crippen MR) is 46.4 cm³/mol. The summed E-state index contributed by atoms with van der Waals surface area (Å²) in [6.45, 7) is 2.40. The fourth-order valence-corrected chi connectivity index (χ4v) is 0.643. The molecule has 0 aliphatic rings. The molecule has 0 aromatic carbocycles. The van der Waals surface area contributed by atoms with Gasteiger partial charge in [-0.25, -0.2) is 0 Å². The van der Waals surface area contributed by atoms with E-state index in [0.29, 0.717) is 45.8 Å². The van der Waals surface area contributed by atoms with Crippen LogP contribution in [0.2, 0.25) is 0 Å². The van der Waals surface area contributed by atoms with Crippen molar-refractivity contribution in [2.24, 2.45) is 0 Å². The molecular formula is C8H15NO4. The van der Waals surface area contributed by atoms with E-state index in [0.717, 1.165) is 6.29 Å². The Bertz CT molecular complexity index is 115. The van der Waals surface area contributed by atoms with Gasteiger partial charge in [-0.1, -0.05) is 0 Å². The summed E-state index contributed by atoms with van der Waals surface area (Å²) < 4.78 is 10.1. The minimum Gasteiger partial charge on any atom is -0.379 e. The van der Waals surface area contributed by atoms with Gasteiger partial charge < -0.3 is 19.6 Å². The maximum atomic E-state index is 9.86. The number of carbonyl (C=O) groups is 2. The number of hydrogen-bond acceptors (Lipinski definition) is 4. The molecule has 0 spiro atoms. The molecule has 0 radical (unpaired) electrons. The average Bonchev–Trinajstić information content (AvgIpc) is 2.16. The Morgan fingerprint density at radius 3 is 2.31 bits per heavy atom. The first-order valence-electron chi connectivity index (χ1n) is 4.18. The predicted octanol–water partition coefficient (Wildman–Crippen LogP) is -0.645. The lowest BCUT2D eigenvalue weighted by atomic mass is 10.5. The van der Waals surface area contributed by atoms with Gasteiger partial charge >= 0.3 is 0 Å². The molecule has 5 heteroatoms. The highest BCUT2D eigenvalue weighted by atomic mass is 16.5. The first-order chi connectivity index (χ1) is 6.41. The summed E-state index contributed by atoms with van der Waals surface area (Å²) in [5, 5.41) is 2.47. The lowest BCUT2D eigenvalue weighted by Crippen LogP contribution is -2.18. The third kappa shape index (κ3) is 11.1.